The Bertz CT molecular complexity index is 335. The summed E-state index contributed by atoms with van der Waals surface area (Å²) in [5.41, 5.74) is 4.21. The quantitative estimate of drug-likeness (QED) is 0.444. The molecule has 0 heteroatoms. The Morgan fingerprint density at radius 1 is 1.47 bits per heavy atom. The van der Waals surface area contributed by atoms with E-state index < -0.39 is 0 Å². The topological polar surface area (TPSA) is 0 Å². The second-order valence-electron chi connectivity index (χ2n) is 3.72. The summed E-state index contributed by atoms with van der Waals surface area (Å²) >= 11 is 0. The molecule has 0 aromatic carbocycles. The van der Waals surface area contributed by atoms with E-state index in [0.29, 0.717) is 0 Å². The van der Waals surface area contributed by atoms with Gasteiger partial charge in [0, 0.05) is 0 Å². The van der Waals surface area contributed by atoms with Crippen LogP contribution in [0.2, 0.25) is 0 Å². The average molecular weight is 200 g/mol. The first-order valence-corrected chi connectivity index (χ1v) is 5.64. The molecule has 15 heavy (non-hydrogen) atoms. The highest BCUT2D eigenvalue weighted by atomic mass is 14.1. The summed E-state index contributed by atoms with van der Waals surface area (Å²) in [6.07, 6.45) is 16.2. The number of allylic oxidation sites excluding steroid dienone is 9. The molecule has 1 aliphatic rings. The van der Waals surface area contributed by atoms with Crippen molar-refractivity contribution in [3.05, 3.63) is 59.8 Å². The van der Waals surface area contributed by atoms with Crippen LogP contribution in [0.5, 0.6) is 0 Å². The summed E-state index contributed by atoms with van der Waals surface area (Å²) < 4.78 is 0. The highest BCUT2D eigenvalue weighted by Crippen LogP contribution is 2.27. The monoisotopic (exact) mass is 200 g/mol. The minimum Gasteiger partial charge on any atom is -0.0985 e. The summed E-state index contributed by atoms with van der Waals surface area (Å²) in [6.45, 7) is 8.14. The fourth-order valence-corrected chi connectivity index (χ4v) is 1.70. The maximum Gasteiger partial charge on any atom is -0.00583 e. The van der Waals surface area contributed by atoms with Gasteiger partial charge >= 0.3 is 0 Å². The van der Waals surface area contributed by atoms with E-state index in [9.17, 15) is 0 Å². The van der Waals surface area contributed by atoms with Gasteiger partial charge in [-0.1, -0.05) is 55.5 Å². The summed E-state index contributed by atoms with van der Waals surface area (Å²) in [4.78, 5) is 0. The van der Waals surface area contributed by atoms with E-state index in [2.05, 4.69) is 43.9 Å². The largest absolute Gasteiger partial charge is 0.0985 e. The summed E-state index contributed by atoms with van der Waals surface area (Å²) in [5, 5.41) is 0. The van der Waals surface area contributed by atoms with Crippen LogP contribution in [0.3, 0.4) is 0 Å². The fraction of sp³-hybridized carbons (Fsp3) is 0.333. The lowest BCUT2D eigenvalue weighted by Crippen LogP contribution is -1.85. The van der Waals surface area contributed by atoms with E-state index in [0.717, 1.165) is 19.3 Å². The van der Waals surface area contributed by atoms with Crippen molar-refractivity contribution in [1.29, 1.82) is 0 Å². The van der Waals surface area contributed by atoms with Gasteiger partial charge < -0.3 is 0 Å². The molecule has 0 N–H and O–H groups in total. The average Bonchev–Trinajstić information content (AvgIpc) is 2.73. The normalized spacial score (nSPS) is 16.8. The van der Waals surface area contributed by atoms with Crippen LogP contribution in [0.4, 0.5) is 0 Å². The zero-order valence-electron chi connectivity index (χ0n) is 9.79. The molecule has 0 saturated heterocycles. The standard InChI is InChI=1S/C15H20/c1-4-7-8-9-14(6-3)15-11-10-13(5-2)12-15/h4,6-7,9-11H,3,5,8,12H2,1-2H3. The Hall–Kier alpha value is -1.30. The molecule has 0 unspecified atom stereocenters. The number of hydrogen-bond donors (Lipinski definition) is 0. The van der Waals surface area contributed by atoms with Crippen LogP contribution in [0.1, 0.15) is 33.1 Å². The van der Waals surface area contributed by atoms with E-state index >= 15 is 0 Å². The van der Waals surface area contributed by atoms with Crippen LogP contribution >= 0.6 is 0 Å². The fourth-order valence-electron chi connectivity index (χ4n) is 1.70. The smallest absolute Gasteiger partial charge is 0.00583 e. The molecule has 1 aliphatic carbocycles. The van der Waals surface area contributed by atoms with Gasteiger partial charge in [-0.25, -0.2) is 0 Å². The Labute approximate surface area is 93.4 Å². The van der Waals surface area contributed by atoms with Crippen LogP contribution in [0, 0.1) is 0 Å². The zero-order chi connectivity index (χ0) is 11.1. The first-order chi connectivity index (χ1) is 7.31. The molecule has 1 rings (SSSR count). The second kappa shape index (κ2) is 6.23. The van der Waals surface area contributed by atoms with Gasteiger partial charge in [0.2, 0.25) is 0 Å². The predicted molar refractivity (Wildman–Crippen MR) is 68.8 cm³/mol. The van der Waals surface area contributed by atoms with Crippen LogP contribution in [-0.4, -0.2) is 0 Å². The lowest BCUT2D eigenvalue weighted by molar-refractivity contribution is 1.02. The molecule has 0 amide bonds. The van der Waals surface area contributed by atoms with Crippen LogP contribution in [0.15, 0.2) is 59.8 Å². The lowest BCUT2D eigenvalue weighted by atomic mass is 10.0. The summed E-state index contributed by atoms with van der Waals surface area (Å²) in [5.74, 6) is 0. The Morgan fingerprint density at radius 3 is 2.80 bits per heavy atom. The van der Waals surface area contributed by atoms with E-state index in [1.165, 1.54) is 16.7 Å². The molecule has 0 spiro atoms. The van der Waals surface area contributed by atoms with Crippen molar-refractivity contribution in [3.8, 4) is 0 Å². The highest BCUT2D eigenvalue weighted by Gasteiger charge is 2.08. The molecule has 0 saturated carbocycles. The molecule has 0 atom stereocenters. The zero-order valence-corrected chi connectivity index (χ0v) is 9.79. The van der Waals surface area contributed by atoms with Crippen molar-refractivity contribution in [1.82, 2.24) is 0 Å². The summed E-state index contributed by atoms with van der Waals surface area (Å²) in [7, 11) is 0. The van der Waals surface area contributed by atoms with Crippen molar-refractivity contribution in [3.63, 3.8) is 0 Å². The molecule has 0 bridgehead atoms. The molecule has 0 aromatic rings. The molecular weight excluding hydrogens is 180 g/mol. The first kappa shape index (κ1) is 11.8. The molecule has 0 radical (unpaired) electrons. The maximum atomic E-state index is 3.88. The molecule has 0 aliphatic heterocycles. The van der Waals surface area contributed by atoms with Crippen LogP contribution in [-0.2, 0) is 0 Å². The number of hydrogen-bond acceptors (Lipinski definition) is 0. The van der Waals surface area contributed by atoms with Gasteiger partial charge in [-0.2, -0.15) is 0 Å². The van der Waals surface area contributed by atoms with Gasteiger partial charge in [0.25, 0.3) is 0 Å². The lowest BCUT2D eigenvalue weighted by Gasteiger charge is -2.04. The number of rotatable bonds is 5. The molecule has 0 heterocycles. The Balaban J connectivity index is 2.63. The SMILES string of the molecule is C=CC(=CCC=CC)C1=CC=C(CC)C1. The third-order valence-corrected chi connectivity index (χ3v) is 2.69. The van der Waals surface area contributed by atoms with Gasteiger partial charge in [0.15, 0.2) is 0 Å². The van der Waals surface area contributed by atoms with Crippen LogP contribution in [0.25, 0.3) is 0 Å². The first-order valence-electron chi connectivity index (χ1n) is 5.64. The second-order valence-corrected chi connectivity index (χ2v) is 3.72. The minimum absolute atomic E-state index is 0.997. The van der Waals surface area contributed by atoms with Gasteiger partial charge in [-0.15, -0.1) is 0 Å². The molecule has 0 nitrogen and oxygen atoms in total. The molecule has 80 valence electrons. The van der Waals surface area contributed by atoms with Crippen molar-refractivity contribution in [2.45, 2.75) is 33.1 Å². The van der Waals surface area contributed by atoms with Gasteiger partial charge in [0.1, 0.15) is 0 Å². The van der Waals surface area contributed by atoms with E-state index in [4.69, 9.17) is 0 Å². The molecular formula is C15H20. The molecule has 0 aromatic heterocycles. The van der Waals surface area contributed by atoms with Gasteiger partial charge in [-0.3, -0.25) is 0 Å². The third kappa shape index (κ3) is 3.39. The summed E-state index contributed by atoms with van der Waals surface area (Å²) in [6, 6.07) is 0. The molecule has 0 fully saturated rings. The van der Waals surface area contributed by atoms with E-state index in [1.807, 2.05) is 13.0 Å². The van der Waals surface area contributed by atoms with Crippen molar-refractivity contribution < 1.29 is 0 Å². The van der Waals surface area contributed by atoms with E-state index in [1.54, 1.807) is 0 Å². The van der Waals surface area contributed by atoms with Crippen LogP contribution < -0.4 is 0 Å². The Kier molecular flexibility index (Phi) is 4.89. The van der Waals surface area contributed by atoms with Gasteiger partial charge in [-0.05, 0) is 37.3 Å². The van der Waals surface area contributed by atoms with Gasteiger partial charge in [0.05, 0.1) is 0 Å². The minimum atomic E-state index is 0.997. The van der Waals surface area contributed by atoms with Crippen molar-refractivity contribution >= 4 is 0 Å². The highest BCUT2D eigenvalue weighted by molar-refractivity contribution is 5.47. The van der Waals surface area contributed by atoms with Crippen molar-refractivity contribution in [2.75, 3.05) is 0 Å². The third-order valence-electron chi connectivity index (χ3n) is 2.69. The maximum absolute atomic E-state index is 3.88. The van der Waals surface area contributed by atoms with Crippen molar-refractivity contribution in [2.24, 2.45) is 0 Å². The Morgan fingerprint density at radius 2 is 2.27 bits per heavy atom. The van der Waals surface area contributed by atoms with E-state index in [-0.39, 0.29) is 0 Å². The predicted octanol–water partition coefficient (Wildman–Crippen LogP) is 4.73.